The monoisotopic (exact) mass is 303 g/mol. The van der Waals surface area contributed by atoms with Gasteiger partial charge in [0.05, 0.1) is 28.2 Å². The second kappa shape index (κ2) is 5.54. The summed E-state index contributed by atoms with van der Waals surface area (Å²) >= 11 is 5.85. The average Bonchev–Trinajstić information content (AvgIpc) is 2.87. The Balaban J connectivity index is 1.73. The van der Waals surface area contributed by atoms with Crippen molar-refractivity contribution in [2.24, 2.45) is 0 Å². The number of carbonyl (C=O) groups is 1. The lowest BCUT2D eigenvalue weighted by atomic mass is 10.2. The number of imidazole rings is 1. The highest BCUT2D eigenvalue weighted by Gasteiger charge is 2.11. The molecule has 0 atom stereocenters. The summed E-state index contributed by atoms with van der Waals surface area (Å²) in [6.07, 6.45) is 0. The van der Waals surface area contributed by atoms with Crippen LogP contribution in [0.4, 0.5) is 4.39 Å². The van der Waals surface area contributed by atoms with Crippen LogP contribution in [0.25, 0.3) is 11.0 Å². The SMILES string of the molecule is O=C(NCc1nc2ccccc2[nH]1)c1ccc(F)cc1Cl. The molecule has 3 rings (SSSR count). The van der Waals surface area contributed by atoms with Crippen molar-refractivity contribution < 1.29 is 9.18 Å². The molecule has 0 aliphatic heterocycles. The van der Waals surface area contributed by atoms with Gasteiger partial charge in [0.1, 0.15) is 11.6 Å². The number of fused-ring (bicyclic) bond motifs is 1. The Labute approximate surface area is 125 Å². The molecule has 0 spiro atoms. The van der Waals surface area contributed by atoms with Gasteiger partial charge in [-0.15, -0.1) is 0 Å². The number of hydrogen-bond acceptors (Lipinski definition) is 2. The van der Waals surface area contributed by atoms with Crippen LogP contribution < -0.4 is 5.32 Å². The predicted molar refractivity (Wildman–Crippen MR) is 78.7 cm³/mol. The van der Waals surface area contributed by atoms with Gasteiger partial charge in [-0.25, -0.2) is 9.37 Å². The molecule has 1 aromatic heterocycles. The number of nitrogens with zero attached hydrogens (tertiary/aromatic N) is 1. The number of rotatable bonds is 3. The van der Waals surface area contributed by atoms with Crippen molar-refractivity contribution in [3.05, 3.63) is 64.7 Å². The van der Waals surface area contributed by atoms with Gasteiger partial charge in [0.15, 0.2) is 0 Å². The summed E-state index contributed by atoms with van der Waals surface area (Å²) in [6.45, 7) is 0.237. The number of H-pyrrole nitrogens is 1. The molecule has 0 saturated carbocycles. The molecular formula is C15H11ClFN3O. The fraction of sp³-hybridized carbons (Fsp3) is 0.0667. The number of nitrogens with one attached hydrogen (secondary N) is 2. The van der Waals surface area contributed by atoms with Crippen molar-refractivity contribution in [1.82, 2.24) is 15.3 Å². The molecule has 0 saturated heterocycles. The Kier molecular flexibility index (Phi) is 3.58. The van der Waals surface area contributed by atoms with Gasteiger partial charge in [-0.05, 0) is 30.3 Å². The smallest absolute Gasteiger partial charge is 0.253 e. The van der Waals surface area contributed by atoms with Gasteiger partial charge < -0.3 is 10.3 Å². The van der Waals surface area contributed by atoms with E-state index in [0.717, 1.165) is 17.1 Å². The lowest BCUT2D eigenvalue weighted by molar-refractivity contribution is 0.0950. The summed E-state index contributed by atoms with van der Waals surface area (Å²) in [6, 6.07) is 11.2. The highest BCUT2D eigenvalue weighted by molar-refractivity contribution is 6.33. The minimum absolute atomic E-state index is 0.0807. The van der Waals surface area contributed by atoms with Crippen LogP contribution in [0.5, 0.6) is 0 Å². The van der Waals surface area contributed by atoms with Gasteiger partial charge in [0.2, 0.25) is 0 Å². The van der Waals surface area contributed by atoms with E-state index in [0.29, 0.717) is 5.82 Å². The van der Waals surface area contributed by atoms with Crippen LogP contribution in [-0.2, 0) is 6.54 Å². The average molecular weight is 304 g/mol. The summed E-state index contributed by atoms with van der Waals surface area (Å²) in [4.78, 5) is 19.5. The molecule has 3 aromatic rings. The Morgan fingerprint density at radius 3 is 2.86 bits per heavy atom. The first kappa shape index (κ1) is 13.6. The third-order valence-electron chi connectivity index (χ3n) is 3.03. The quantitative estimate of drug-likeness (QED) is 0.780. The number of para-hydroxylation sites is 2. The Bertz CT molecular complexity index is 783. The summed E-state index contributed by atoms with van der Waals surface area (Å²) in [5.41, 5.74) is 1.97. The van der Waals surface area contributed by atoms with E-state index in [-0.39, 0.29) is 23.0 Å². The molecule has 4 nitrogen and oxygen atoms in total. The van der Waals surface area contributed by atoms with Gasteiger partial charge in [-0.1, -0.05) is 23.7 Å². The second-order valence-electron chi connectivity index (χ2n) is 4.51. The van der Waals surface area contributed by atoms with Crippen molar-refractivity contribution in [1.29, 1.82) is 0 Å². The largest absolute Gasteiger partial charge is 0.345 e. The highest BCUT2D eigenvalue weighted by atomic mass is 35.5. The molecule has 2 N–H and O–H groups in total. The zero-order valence-corrected chi connectivity index (χ0v) is 11.6. The Morgan fingerprint density at radius 2 is 2.10 bits per heavy atom. The first-order valence-electron chi connectivity index (χ1n) is 6.30. The number of benzene rings is 2. The maximum absolute atomic E-state index is 12.9. The van der Waals surface area contributed by atoms with E-state index in [4.69, 9.17) is 11.6 Å². The first-order valence-corrected chi connectivity index (χ1v) is 6.68. The zero-order chi connectivity index (χ0) is 14.8. The van der Waals surface area contributed by atoms with Crippen molar-refractivity contribution >= 4 is 28.5 Å². The van der Waals surface area contributed by atoms with E-state index >= 15 is 0 Å². The number of amides is 1. The topological polar surface area (TPSA) is 57.8 Å². The fourth-order valence-electron chi connectivity index (χ4n) is 2.02. The Morgan fingerprint density at radius 1 is 1.29 bits per heavy atom. The first-order chi connectivity index (χ1) is 10.1. The molecular weight excluding hydrogens is 293 g/mol. The summed E-state index contributed by atoms with van der Waals surface area (Å²) < 4.78 is 12.9. The number of halogens is 2. The molecule has 0 aliphatic carbocycles. The third-order valence-corrected chi connectivity index (χ3v) is 3.34. The number of aromatic amines is 1. The highest BCUT2D eigenvalue weighted by Crippen LogP contribution is 2.17. The van der Waals surface area contributed by atoms with E-state index in [9.17, 15) is 9.18 Å². The van der Waals surface area contributed by atoms with Crippen molar-refractivity contribution in [2.75, 3.05) is 0 Å². The lowest BCUT2D eigenvalue weighted by Gasteiger charge is -2.05. The van der Waals surface area contributed by atoms with Gasteiger partial charge >= 0.3 is 0 Å². The van der Waals surface area contributed by atoms with Gasteiger partial charge in [0.25, 0.3) is 5.91 Å². The third kappa shape index (κ3) is 2.87. The maximum Gasteiger partial charge on any atom is 0.253 e. The minimum atomic E-state index is -0.478. The van der Waals surface area contributed by atoms with Gasteiger partial charge in [-0.2, -0.15) is 0 Å². The summed E-state index contributed by atoms with van der Waals surface area (Å²) in [5.74, 6) is -0.211. The van der Waals surface area contributed by atoms with Crippen molar-refractivity contribution in [3.8, 4) is 0 Å². The molecule has 0 bridgehead atoms. The molecule has 1 heterocycles. The standard InChI is InChI=1S/C15H11ClFN3O/c16-11-7-9(17)5-6-10(11)15(21)18-8-14-19-12-3-1-2-4-13(12)20-14/h1-7H,8H2,(H,18,21)(H,19,20). The summed E-state index contributed by atoms with van der Waals surface area (Å²) in [7, 11) is 0. The normalized spacial score (nSPS) is 10.8. The number of aromatic nitrogens is 2. The number of hydrogen-bond donors (Lipinski definition) is 2. The summed E-state index contributed by atoms with van der Waals surface area (Å²) in [5, 5.41) is 2.78. The van der Waals surface area contributed by atoms with Crippen LogP contribution in [0.1, 0.15) is 16.2 Å². The van der Waals surface area contributed by atoms with Crippen LogP contribution >= 0.6 is 11.6 Å². The molecule has 1 amide bonds. The molecule has 0 aliphatic rings. The lowest BCUT2D eigenvalue weighted by Crippen LogP contribution is -2.23. The van der Waals surface area contributed by atoms with Crippen LogP contribution in [0.15, 0.2) is 42.5 Å². The zero-order valence-electron chi connectivity index (χ0n) is 10.9. The molecule has 6 heteroatoms. The molecule has 0 unspecified atom stereocenters. The van der Waals surface area contributed by atoms with E-state index in [2.05, 4.69) is 15.3 Å². The van der Waals surface area contributed by atoms with E-state index in [1.54, 1.807) is 0 Å². The van der Waals surface area contributed by atoms with Crippen molar-refractivity contribution in [3.63, 3.8) is 0 Å². The fourth-order valence-corrected chi connectivity index (χ4v) is 2.28. The maximum atomic E-state index is 12.9. The van der Waals surface area contributed by atoms with E-state index < -0.39 is 5.82 Å². The van der Waals surface area contributed by atoms with Crippen LogP contribution in [-0.4, -0.2) is 15.9 Å². The molecule has 0 fully saturated rings. The van der Waals surface area contributed by atoms with E-state index in [1.165, 1.54) is 12.1 Å². The molecule has 0 radical (unpaired) electrons. The van der Waals surface area contributed by atoms with Gasteiger partial charge in [0, 0.05) is 0 Å². The van der Waals surface area contributed by atoms with Gasteiger partial charge in [-0.3, -0.25) is 4.79 Å². The molecule has 2 aromatic carbocycles. The minimum Gasteiger partial charge on any atom is -0.345 e. The van der Waals surface area contributed by atoms with Crippen LogP contribution in [0.2, 0.25) is 5.02 Å². The van der Waals surface area contributed by atoms with Crippen molar-refractivity contribution in [2.45, 2.75) is 6.54 Å². The molecule has 106 valence electrons. The molecule has 21 heavy (non-hydrogen) atoms. The van der Waals surface area contributed by atoms with Crippen LogP contribution in [0.3, 0.4) is 0 Å². The van der Waals surface area contributed by atoms with E-state index in [1.807, 2.05) is 24.3 Å². The predicted octanol–water partition coefficient (Wildman–Crippen LogP) is 3.29. The van der Waals surface area contributed by atoms with Crippen LogP contribution in [0, 0.1) is 5.82 Å². The second-order valence-corrected chi connectivity index (χ2v) is 4.91. The Hall–Kier alpha value is -2.40. The number of carbonyl (C=O) groups excluding carboxylic acids is 1.